The maximum absolute atomic E-state index is 12.7. The third kappa shape index (κ3) is 4.32. The molecule has 9 nitrogen and oxygen atoms in total. The van der Waals surface area contributed by atoms with E-state index < -0.39 is 0 Å². The molecule has 3 aromatic heterocycles. The van der Waals surface area contributed by atoms with Crippen molar-refractivity contribution in [1.29, 1.82) is 0 Å². The zero-order valence-corrected chi connectivity index (χ0v) is 17.8. The number of nitrogens with one attached hydrogen (secondary N) is 2. The molecule has 2 N–H and O–H groups in total. The number of anilines is 2. The van der Waals surface area contributed by atoms with Crippen LogP contribution in [0.2, 0.25) is 0 Å². The highest BCUT2D eigenvalue weighted by Gasteiger charge is 2.27. The number of carbonyl (C=O) groups excluding carboxylic acids is 1. The van der Waals surface area contributed by atoms with Gasteiger partial charge in [0.1, 0.15) is 11.5 Å². The molecular weight excluding hydrogens is 394 g/mol. The Kier molecular flexibility index (Phi) is 5.19. The highest BCUT2D eigenvalue weighted by molar-refractivity contribution is 6.02. The van der Waals surface area contributed by atoms with E-state index in [0.717, 1.165) is 43.6 Å². The summed E-state index contributed by atoms with van der Waals surface area (Å²) in [7, 11) is 1.58. The fraction of sp³-hybridized carbons (Fsp3) is 0.455. The molecular formula is C22H27N7O2. The Labute approximate surface area is 180 Å². The number of pyridine rings is 1. The van der Waals surface area contributed by atoms with Crippen molar-refractivity contribution in [3.8, 4) is 5.75 Å². The Morgan fingerprint density at radius 2 is 2.10 bits per heavy atom. The first-order chi connectivity index (χ1) is 15.1. The van der Waals surface area contributed by atoms with Gasteiger partial charge in [-0.2, -0.15) is 0 Å². The predicted octanol–water partition coefficient (Wildman–Crippen LogP) is 2.27. The van der Waals surface area contributed by atoms with Crippen LogP contribution in [0.1, 0.15) is 35.4 Å². The van der Waals surface area contributed by atoms with Gasteiger partial charge in [0, 0.05) is 37.6 Å². The minimum atomic E-state index is -0.315. The molecule has 0 aromatic carbocycles. The minimum Gasteiger partial charge on any atom is -0.493 e. The van der Waals surface area contributed by atoms with Crippen LogP contribution in [-0.4, -0.2) is 58.0 Å². The second kappa shape index (κ2) is 8.14. The van der Waals surface area contributed by atoms with Gasteiger partial charge in [-0.05, 0) is 38.6 Å². The SMILES string of the molecule is COc1cc(NC(=O)c2cnc(N3CCC(CNC4CC4)C3)cn2)cn2cc(C)nc12. The molecule has 0 spiro atoms. The van der Waals surface area contributed by atoms with E-state index in [1.54, 1.807) is 25.6 Å². The highest BCUT2D eigenvalue weighted by Crippen LogP contribution is 2.25. The van der Waals surface area contributed by atoms with Crippen molar-refractivity contribution in [2.75, 3.05) is 37.0 Å². The number of amides is 1. The quantitative estimate of drug-likeness (QED) is 0.604. The summed E-state index contributed by atoms with van der Waals surface area (Å²) in [6.45, 7) is 4.93. The lowest BCUT2D eigenvalue weighted by atomic mass is 10.1. The van der Waals surface area contributed by atoms with Gasteiger partial charge in [-0.25, -0.2) is 15.0 Å². The van der Waals surface area contributed by atoms with Crippen molar-refractivity contribution in [3.63, 3.8) is 0 Å². The Balaban J connectivity index is 1.23. The molecule has 2 aliphatic rings. The summed E-state index contributed by atoms with van der Waals surface area (Å²) in [6, 6.07) is 2.49. The largest absolute Gasteiger partial charge is 0.493 e. The molecule has 5 rings (SSSR count). The van der Waals surface area contributed by atoms with Crippen LogP contribution in [0, 0.1) is 12.8 Å². The molecule has 2 fully saturated rings. The van der Waals surface area contributed by atoms with Crippen molar-refractivity contribution in [2.45, 2.75) is 32.2 Å². The number of nitrogens with zero attached hydrogens (tertiary/aromatic N) is 5. The summed E-state index contributed by atoms with van der Waals surface area (Å²) in [5, 5.41) is 6.48. The van der Waals surface area contributed by atoms with Crippen LogP contribution >= 0.6 is 0 Å². The van der Waals surface area contributed by atoms with Gasteiger partial charge < -0.3 is 24.7 Å². The molecule has 31 heavy (non-hydrogen) atoms. The van der Waals surface area contributed by atoms with Gasteiger partial charge in [-0.1, -0.05) is 0 Å². The van der Waals surface area contributed by atoms with Crippen molar-refractivity contribution in [2.24, 2.45) is 5.92 Å². The smallest absolute Gasteiger partial charge is 0.275 e. The van der Waals surface area contributed by atoms with Crippen molar-refractivity contribution >= 4 is 23.1 Å². The van der Waals surface area contributed by atoms with Crippen molar-refractivity contribution in [1.82, 2.24) is 24.7 Å². The number of carbonyl (C=O) groups is 1. The Morgan fingerprint density at radius 3 is 2.84 bits per heavy atom. The van der Waals surface area contributed by atoms with Crippen LogP contribution in [-0.2, 0) is 0 Å². The van der Waals surface area contributed by atoms with Gasteiger partial charge in [0.2, 0.25) is 0 Å². The summed E-state index contributed by atoms with van der Waals surface area (Å²) in [5.74, 6) is 1.74. The zero-order chi connectivity index (χ0) is 21.4. The zero-order valence-electron chi connectivity index (χ0n) is 17.8. The number of aryl methyl sites for hydroxylation is 1. The number of aromatic nitrogens is 4. The van der Waals surface area contributed by atoms with Crippen molar-refractivity contribution in [3.05, 3.63) is 42.2 Å². The first-order valence-electron chi connectivity index (χ1n) is 10.7. The van der Waals surface area contributed by atoms with E-state index in [0.29, 0.717) is 23.0 Å². The Morgan fingerprint density at radius 1 is 1.23 bits per heavy atom. The molecule has 1 saturated carbocycles. The molecule has 3 aromatic rings. The molecule has 1 amide bonds. The van der Waals surface area contributed by atoms with Gasteiger partial charge >= 0.3 is 0 Å². The molecule has 1 aliphatic heterocycles. The number of methoxy groups -OCH3 is 1. The van der Waals surface area contributed by atoms with E-state index in [1.165, 1.54) is 19.0 Å². The molecule has 162 valence electrons. The lowest BCUT2D eigenvalue weighted by molar-refractivity contribution is 0.102. The molecule has 1 saturated heterocycles. The monoisotopic (exact) mass is 421 g/mol. The van der Waals surface area contributed by atoms with E-state index in [9.17, 15) is 4.79 Å². The van der Waals surface area contributed by atoms with Crippen LogP contribution in [0.4, 0.5) is 11.5 Å². The molecule has 1 unspecified atom stereocenters. The normalized spacial score (nSPS) is 18.5. The molecule has 4 heterocycles. The summed E-state index contributed by atoms with van der Waals surface area (Å²) in [6.07, 6.45) is 10.7. The highest BCUT2D eigenvalue weighted by atomic mass is 16.5. The Bertz CT molecular complexity index is 1090. The van der Waals surface area contributed by atoms with Crippen molar-refractivity contribution < 1.29 is 9.53 Å². The molecule has 9 heteroatoms. The molecule has 1 atom stereocenters. The third-order valence-electron chi connectivity index (χ3n) is 5.87. The van der Waals surface area contributed by atoms with Gasteiger partial charge in [0.15, 0.2) is 11.4 Å². The van der Waals surface area contributed by atoms with Crippen LogP contribution in [0.15, 0.2) is 30.9 Å². The summed E-state index contributed by atoms with van der Waals surface area (Å²) >= 11 is 0. The van der Waals surface area contributed by atoms with Gasteiger partial charge in [0.25, 0.3) is 5.91 Å². The topological polar surface area (TPSA) is 96.7 Å². The fourth-order valence-corrected chi connectivity index (χ4v) is 4.03. The van der Waals surface area contributed by atoms with Crippen LogP contribution in [0.3, 0.4) is 0 Å². The van der Waals surface area contributed by atoms with Gasteiger partial charge in [0.05, 0.1) is 30.9 Å². The lowest BCUT2D eigenvalue weighted by Gasteiger charge is -2.17. The van der Waals surface area contributed by atoms with Gasteiger partial charge in [-0.15, -0.1) is 0 Å². The van der Waals surface area contributed by atoms with E-state index >= 15 is 0 Å². The number of ether oxygens (including phenoxy) is 1. The maximum Gasteiger partial charge on any atom is 0.275 e. The van der Waals surface area contributed by atoms with E-state index in [2.05, 4.69) is 30.5 Å². The number of hydrogen-bond acceptors (Lipinski definition) is 7. The average molecular weight is 422 g/mol. The number of rotatable bonds is 7. The molecule has 1 aliphatic carbocycles. The Hall–Kier alpha value is -3.20. The second-order valence-corrected chi connectivity index (χ2v) is 8.41. The molecule has 0 bridgehead atoms. The maximum atomic E-state index is 12.7. The van der Waals surface area contributed by atoms with E-state index in [-0.39, 0.29) is 11.6 Å². The molecule has 0 radical (unpaired) electrons. The van der Waals surface area contributed by atoms with E-state index in [4.69, 9.17) is 4.74 Å². The lowest BCUT2D eigenvalue weighted by Crippen LogP contribution is -2.28. The number of imidazole rings is 1. The van der Waals surface area contributed by atoms with Crippen LogP contribution in [0.25, 0.3) is 5.65 Å². The van der Waals surface area contributed by atoms with Crippen LogP contribution in [0.5, 0.6) is 5.75 Å². The number of fused-ring (bicyclic) bond motifs is 1. The minimum absolute atomic E-state index is 0.274. The first kappa shape index (κ1) is 19.7. The number of hydrogen-bond donors (Lipinski definition) is 2. The third-order valence-corrected chi connectivity index (χ3v) is 5.87. The fourth-order valence-electron chi connectivity index (χ4n) is 4.03. The van der Waals surface area contributed by atoms with E-state index in [1.807, 2.05) is 17.5 Å². The van der Waals surface area contributed by atoms with Gasteiger partial charge in [-0.3, -0.25) is 4.79 Å². The summed E-state index contributed by atoms with van der Waals surface area (Å²) in [5.41, 5.74) is 2.45. The average Bonchev–Trinajstić information content (AvgIpc) is 3.35. The second-order valence-electron chi connectivity index (χ2n) is 8.41. The standard InChI is InChI=1S/C22H27N7O2/c1-14-11-29-13-17(7-19(31-2)21(29)26-14)27-22(30)18-9-25-20(10-24-18)28-6-5-15(12-28)8-23-16-3-4-16/h7,9-11,13,15-16,23H,3-6,8,12H2,1-2H3,(H,27,30). The summed E-state index contributed by atoms with van der Waals surface area (Å²) in [4.78, 5) is 28.2. The van der Waals surface area contributed by atoms with Crippen LogP contribution < -0.4 is 20.3 Å². The first-order valence-corrected chi connectivity index (χ1v) is 10.7. The summed E-state index contributed by atoms with van der Waals surface area (Å²) < 4.78 is 7.25. The predicted molar refractivity (Wildman–Crippen MR) is 118 cm³/mol.